The molecule has 0 aromatic heterocycles. The summed E-state index contributed by atoms with van der Waals surface area (Å²) in [7, 11) is 3.08. The van der Waals surface area contributed by atoms with E-state index in [0.717, 1.165) is 5.56 Å². The Hall–Kier alpha value is -1.75. The zero-order valence-corrected chi connectivity index (χ0v) is 9.61. The average molecular weight is 224 g/mol. The molecule has 1 aromatic rings. The van der Waals surface area contributed by atoms with Gasteiger partial charge in [-0.2, -0.15) is 0 Å². The Morgan fingerprint density at radius 3 is 2.38 bits per heavy atom. The second-order valence-corrected chi connectivity index (χ2v) is 3.40. The minimum absolute atomic E-state index is 0.533. The van der Waals surface area contributed by atoms with Crippen molar-refractivity contribution >= 4 is 5.91 Å². The lowest BCUT2D eigenvalue weighted by molar-refractivity contribution is -0.119. The van der Waals surface area contributed by atoms with E-state index >= 15 is 0 Å². The number of benzene rings is 1. The van der Waals surface area contributed by atoms with Gasteiger partial charge in [-0.1, -0.05) is 0 Å². The molecule has 16 heavy (non-hydrogen) atoms. The summed E-state index contributed by atoms with van der Waals surface area (Å²) in [6, 6.07) is 2.54. The van der Waals surface area contributed by atoms with Gasteiger partial charge in [0.25, 0.3) is 0 Å². The number of hydrogen-bond donors (Lipinski definition) is 2. The zero-order chi connectivity index (χ0) is 12.3. The molecule has 0 aliphatic rings. The summed E-state index contributed by atoms with van der Waals surface area (Å²) in [5.41, 5.74) is 12.2. The Kier molecular flexibility index (Phi) is 3.73. The van der Waals surface area contributed by atoms with Crippen LogP contribution >= 0.6 is 0 Å². The lowest BCUT2D eigenvalue weighted by Gasteiger charge is -2.17. The number of methoxy groups -OCH3 is 2. The Morgan fingerprint density at radius 1 is 1.31 bits per heavy atom. The van der Waals surface area contributed by atoms with E-state index in [-0.39, 0.29) is 0 Å². The first kappa shape index (κ1) is 12.3. The van der Waals surface area contributed by atoms with Crippen molar-refractivity contribution in [3.63, 3.8) is 0 Å². The molecule has 0 fully saturated rings. The van der Waals surface area contributed by atoms with Gasteiger partial charge in [0.05, 0.1) is 14.2 Å². The normalized spacial score (nSPS) is 12.0. The molecule has 0 aliphatic carbocycles. The fourth-order valence-corrected chi connectivity index (χ4v) is 1.58. The molecule has 5 nitrogen and oxygen atoms in total. The van der Waals surface area contributed by atoms with Crippen LogP contribution in [-0.2, 0) is 4.79 Å². The standard InChI is InChI=1S/C11H16N2O3/c1-6-8(15-2)5-4-7(10(6)16-3)9(12)11(13)14/h4-5,9H,12H2,1-3H3,(H2,13,14). The summed E-state index contributed by atoms with van der Waals surface area (Å²) in [6.45, 7) is 1.83. The fourth-order valence-electron chi connectivity index (χ4n) is 1.58. The summed E-state index contributed by atoms with van der Waals surface area (Å²) >= 11 is 0. The van der Waals surface area contributed by atoms with Crippen LogP contribution in [0.5, 0.6) is 11.5 Å². The van der Waals surface area contributed by atoms with Crippen molar-refractivity contribution in [3.8, 4) is 11.5 Å². The second kappa shape index (κ2) is 4.85. The van der Waals surface area contributed by atoms with Gasteiger partial charge in [-0.05, 0) is 19.1 Å². The highest BCUT2D eigenvalue weighted by Crippen LogP contribution is 2.33. The van der Waals surface area contributed by atoms with E-state index in [4.69, 9.17) is 20.9 Å². The number of amides is 1. The Balaban J connectivity index is 3.31. The summed E-state index contributed by atoms with van der Waals surface area (Å²) in [5.74, 6) is 0.616. The zero-order valence-electron chi connectivity index (χ0n) is 9.61. The van der Waals surface area contributed by atoms with E-state index < -0.39 is 11.9 Å². The Morgan fingerprint density at radius 2 is 1.94 bits per heavy atom. The molecule has 88 valence electrons. The lowest BCUT2D eigenvalue weighted by atomic mass is 10.0. The summed E-state index contributed by atoms with van der Waals surface area (Å²) < 4.78 is 10.4. The molecule has 0 aliphatic heterocycles. The van der Waals surface area contributed by atoms with Crippen molar-refractivity contribution in [2.75, 3.05) is 14.2 Å². The van der Waals surface area contributed by atoms with E-state index in [1.807, 2.05) is 6.92 Å². The molecular weight excluding hydrogens is 208 g/mol. The second-order valence-electron chi connectivity index (χ2n) is 3.40. The first-order valence-electron chi connectivity index (χ1n) is 4.79. The predicted molar refractivity (Wildman–Crippen MR) is 60.4 cm³/mol. The molecule has 1 aromatic carbocycles. The van der Waals surface area contributed by atoms with Crippen LogP contribution in [0.15, 0.2) is 12.1 Å². The minimum atomic E-state index is -0.875. The Labute approximate surface area is 94.3 Å². The molecule has 0 saturated heterocycles. The van der Waals surface area contributed by atoms with Gasteiger partial charge in [-0.25, -0.2) is 0 Å². The molecule has 0 heterocycles. The molecule has 0 radical (unpaired) electrons. The van der Waals surface area contributed by atoms with Crippen molar-refractivity contribution in [3.05, 3.63) is 23.3 Å². The molecule has 4 N–H and O–H groups in total. The van der Waals surface area contributed by atoms with Crippen molar-refractivity contribution in [1.82, 2.24) is 0 Å². The van der Waals surface area contributed by atoms with Crippen LogP contribution < -0.4 is 20.9 Å². The first-order chi connectivity index (χ1) is 7.52. The largest absolute Gasteiger partial charge is 0.496 e. The van der Waals surface area contributed by atoms with Gasteiger partial charge < -0.3 is 20.9 Å². The van der Waals surface area contributed by atoms with E-state index in [0.29, 0.717) is 17.1 Å². The lowest BCUT2D eigenvalue weighted by Crippen LogP contribution is -2.28. The summed E-state index contributed by atoms with van der Waals surface area (Å²) in [4.78, 5) is 11.0. The molecule has 1 unspecified atom stereocenters. The number of ether oxygens (including phenoxy) is 2. The number of hydrogen-bond acceptors (Lipinski definition) is 4. The summed E-state index contributed by atoms with van der Waals surface area (Å²) in [6.07, 6.45) is 0. The van der Waals surface area contributed by atoms with Crippen LogP contribution in [0.25, 0.3) is 0 Å². The number of nitrogens with two attached hydrogens (primary N) is 2. The van der Waals surface area contributed by atoms with Crippen LogP contribution in [0.1, 0.15) is 17.2 Å². The van der Waals surface area contributed by atoms with Crippen LogP contribution in [-0.4, -0.2) is 20.1 Å². The van der Waals surface area contributed by atoms with E-state index in [1.165, 1.54) is 7.11 Å². The van der Waals surface area contributed by atoms with E-state index in [2.05, 4.69) is 0 Å². The monoisotopic (exact) mass is 224 g/mol. The molecule has 1 amide bonds. The first-order valence-corrected chi connectivity index (χ1v) is 4.79. The molecule has 5 heteroatoms. The van der Waals surface area contributed by atoms with Crippen molar-refractivity contribution < 1.29 is 14.3 Å². The van der Waals surface area contributed by atoms with Gasteiger partial charge in [0, 0.05) is 11.1 Å². The molecule has 0 spiro atoms. The van der Waals surface area contributed by atoms with Crippen molar-refractivity contribution in [2.45, 2.75) is 13.0 Å². The van der Waals surface area contributed by atoms with Crippen molar-refractivity contribution in [2.24, 2.45) is 11.5 Å². The quantitative estimate of drug-likeness (QED) is 0.779. The van der Waals surface area contributed by atoms with Crippen LogP contribution in [0, 0.1) is 6.92 Å². The minimum Gasteiger partial charge on any atom is -0.496 e. The smallest absolute Gasteiger partial charge is 0.239 e. The molecule has 0 saturated carbocycles. The third kappa shape index (κ3) is 2.09. The number of carbonyl (C=O) groups is 1. The van der Waals surface area contributed by atoms with Gasteiger partial charge in [-0.15, -0.1) is 0 Å². The third-order valence-electron chi connectivity index (χ3n) is 2.45. The maximum Gasteiger partial charge on any atom is 0.239 e. The highest BCUT2D eigenvalue weighted by atomic mass is 16.5. The average Bonchev–Trinajstić information content (AvgIpc) is 2.27. The van der Waals surface area contributed by atoms with Crippen LogP contribution in [0.3, 0.4) is 0 Å². The molecule has 1 rings (SSSR count). The third-order valence-corrected chi connectivity index (χ3v) is 2.45. The van der Waals surface area contributed by atoms with Gasteiger partial charge >= 0.3 is 0 Å². The molecule has 0 bridgehead atoms. The fraction of sp³-hybridized carbons (Fsp3) is 0.364. The SMILES string of the molecule is COc1ccc(C(N)C(N)=O)c(OC)c1C. The summed E-state index contributed by atoms with van der Waals surface area (Å²) in [5, 5.41) is 0. The van der Waals surface area contributed by atoms with Crippen LogP contribution in [0.4, 0.5) is 0 Å². The Bertz CT molecular complexity index is 404. The maximum atomic E-state index is 11.0. The van der Waals surface area contributed by atoms with Gasteiger partial charge in [0.15, 0.2) is 0 Å². The topological polar surface area (TPSA) is 87.6 Å². The number of primary amides is 1. The highest BCUT2D eigenvalue weighted by Gasteiger charge is 2.20. The maximum absolute atomic E-state index is 11.0. The van der Waals surface area contributed by atoms with Gasteiger partial charge in [0.1, 0.15) is 17.5 Å². The molecule has 1 atom stereocenters. The highest BCUT2D eigenvalue weighted by molar-refractivity contribution is 5.82. The van der Waals surface area contributed by atoms with Crippen molar-refractivity contribution in [1.29, 1.82) is 0 Å². The number of rotatable bonds is 4. The van der Waals surface area contributed by atoms with E-state index in [1.54, 1.807) is 19.2 Å². The van der Waals surface area contributed by atoms with Gasteiger partial charge in [0.2, 0.25) is 5.91 Å². The van der Waals surface area contributed by atoms with Crippen LogP contribution in [0.2, 0.25) is 0 Å². The molecular formula is C11H16N2O3. The predicted octanol–water partition coefficient (Wildman–Crippen LogP) is 0.497. The number of carbonyl (C=O) groups excluding carboxylic acids is 1. The van der Waals surface area contributed by atoms with Gasteiger partial charge in [-0.3, -0.25) is 4.79 Å². The van der Waals surface area contributed by atoms with E-state index in [9.17, 15) is 4.79 Å².